The summed E-state index contributed by atoms with van der Waals surface area (Å²) >= 11 is 0. The summed E-state index contributed by atoms with van der Waals surface area (Å²) < 4.78 is 33.4. The van der Waals surface area contributed by atoms with E-state index >= 15 is 0 Å². The minimum Gasteiger partial charge on any atom is -0.744 e. The van der Waals surface area contributed by atoms with Gasteiger partial charge in [-0.3, -0.25) is 4.48 Å². The van der Waals surface area contributed by atoms with Crippen LogP contribution in [0, 0.1) is 6.92 Å². The molecule has 0 saturated carbocycles. The van der Waals surface area contributed by atoms with Gasteiger partial charge >= 0.3 is 0 Å². The maximum Gasteiger partial charge on any atom is 0.132 e. The Morgan fingerprint density at radius 1 is 0.641 bits per heavy atom. The third-order valence-electron chi connectivity index (χ3n) is 7.18. The Balaban J connectivity index is 0.000000282. The molecule has 0 radical (unpaired) electrons. The number of rotatable bonds is 15. The topological polar surface area (TPSA) is 57.2 Å². The first-order chi connectivity index (χ1) is 18.6. The second kappa shape index (κ2) is 17.3. The van der Waals surface area contributed by atoms with Gasteiger partial charge in [0.25, 0.3) is 0 Å². The van der Waals surface area contributed by atoms with E-state index in [2.05, 4.69) is 82.5 Å². The first-order valence-electron chi connectivity index (χ1n) is 14.6. The van der Waals surface area contributed by atoms with Crippen molar-refractivity contribution in [2.45, 2.75) is 95.9 Å². The average molecular weight is 552 g/mol. The Morgan fingerprint density at radius 2 is 1.13 bits per heavy atom. The molecule has 3 rings (SSSR count). The van der Waals surface area contributed by atoms with Crippen molar-refractivity contribution in [2.24, 2.45) is 0 Å². The van der Waals surface area contributed by atoms with Crippen LogP contribution in [-0.2, 0) is 23.1 Å². The molecule has 0 aliphatic heterocycles. The van der Waals surface area contributed by atoms with Crippen LogP contribution in [0.2, 0.25) is 0 Å². The van der Waals surface area contributed by atoms with E-state index < -0.39 is 10.1 Å². The van der Waals surface area contributed by atoms with Crippen LogP contribution < -0.4 is 4.48 Å². The number of nitrogens with zero attached hydrogens (tertiary/aromatic N) is 1. The molecule has 0 heterocycles. The molecule has 0 unspecified atom stereocenters. The van der Waals surface area contributed by atoms with E-state index in [0.29, 0.717) is 0 Å². The van der Waals surface area contributed by atoms with Crippen molar-refractivity contribution in [1.82, 2.24) is 4.48 Å². The van der Waals surface area contributed by atoms with Gasteiger partial charge < -0.3 is 4.55 Å². The Hall–Kier alpha value is -2.47. The summed E-state index contributed by atoms with van der Waals surface area (Å²) in [4.78, 5) is -0.140. The smallest absolute Gasteiger partial charge is 0.132 e. The summed E-state index contributed by atoms with van der Waals surface area (Å²) in [5.41, 5.74) is 5.14. The normalized spacial score (nSPS) is 11.6. The zero-order chi connectivity index (χ0) is 28.6. The summed E-state index contributed by atoms with van der Waals surface area (Å²) in [5, 5.41) is 0. The molecule has 3 aromatic carbocycles. The average Bonchev–Trinajstić information content (AvgIpc) is 2.92. The van der Waals surface area contributed by atoms with E-state index in [0.717, 1.165) is 29.4 Å². The van der Waals surface area contributed by atoms with Crippen LogP contribution in [0.15, 0.2) is 83.8 Å². The molecule has 0 amide bonds. The minimum atomic E-state index is -4.31. The fourth-order valence-corrected chi connectivity index (χ4v) is 5.18. The van der Waals surface area contributed by atoms with Gasteiger partial charge in [0.15, 0.2) is 0 Å². The lowest BCUT2D eigenvalue weighted by Gasteiger charge is -2.29. The lowest BCUT2D eigenvalue weighted by molar-refractivity contribution is 0.392. The van der Waals surface area contributed by atoms with Crippen molar-refractivity contribution >= 4 is 15.8 Å². The van der Waals surface area contributed by atoms with E-state index in [9.17, 15) is 13.0 Å². The van der Waals surface area contributed by atoms with Gasteiger partial charge in [-0.2, -0.15) is 0 Å². The summed E-state index contributed by atoms with van der Waals surface area (Å²) in [5.74, 6) is 0. The predicted molar refractivity (Wildman–Crippen MR) is 165 cm³/mol. The van der Waals surface area contributed by atoms with Crippen molar-refractivity contribution in [3.8, 4) is 0 Å². The first-order valence-corrected chi connectivity index (χ1v) is 16.0. The van der Waals surface area contributed by atoms with Crippen LogP contribution in [0.5, 0.6) is 0 Å². The molecule has 3 aromatic rings. The van der Waals surface area contributed by atoms with Gasteiger partial charge in [-0.05, 0) is 49.6 Å². The Labute approximate surface area is 238 Å². The number of para-hydroxylation sites is 1. The van der Waals surface area contributed by atoms with Crippen molar-refractivity contribution in [3.05, 3.63) is 95.6 Å². The Kier molecular flexibility index (Phi) is 14.5. The van der Waals surface area contributed by atoms with Gasteiger partial charge in [0, 0.05) is 5.56 Å². The quantitative estimate of drug-likeness (QED) is 0.108. The molecule has 214 valence electrons. The van der Waals surface area contributed by atoms with E-state index in [1.165, 1.54) is 86.7 Å². The van der Waals surface area contributed by atoms with E-state index in [1.54, 1.807) is 12.1 Å². The molecule has 0 saturated heterocycles. The number of benzene rings is 3. The summed E-state index contributed by atoms with van der Waals surface area (Å²) in [7, 11) is 0.177. The van der Waals surface area contributed by atoms with E-state index in [1.807, 2.05) is 0 Å². The molecule has 0 N–H and O–H groups in total. The lowest BCUT2D eigenvalue weighted by atomic mass is 10.0. The minimum absolute atomic E-state index is 0.140. The zero-order valence-corrected chi connectivity index (χ0v) is 25.4. The van der Waals surface area contributed by atoms with Crippen LogP contribution in [-0.4, -0.2) is 27.1 Å². The van der Waals surface area contributed by atoms with E-state index in [4.69, 9.17) is 0 Å². The molecule has 0 atom stereocenters. The highest BCUT2D eigenvalue weighted by atomic mass is 32.2. The van der Waals surface area contributed by atoms with E-state index in [-0.39, 0.29) is 4.90 Å². The standard InChI is InChI=1S/C18H30O3S.C16H20N/c1-2-3-4-5-6-7-8-9-10-11-12-17-13-15-18(16-14-17)22(19,20)21;1-14-9-11-15(12-10-14)13-17(2,3)16-7-5-4-6-8-16/h13-16H,2-12H2,1H3,(H,19,20,21);4-12H,13H2,1-3H3/q;+1/p-1. The molecule has 0 fully saturated rings. The van der Waals surface area contributed by atoms with Gasteiger partial charge in [-0.25, -0.2) is 8.42 Å². The van der Waals surface area contributed by atoms with Gasteiger partial charge in [-0.15, -0.1) is 0 Å². The number of unbranched alkanes of at least 4 members (excludes halogenated alkanes) is 9. The van der Waals surface area contributed by atoms with Crippen LogP contribution in [0.4, 0.5) is 5.69 Å². The SMILES string of the molecule is CCCCCCCCCCCCc1ccc(S(=O)(=O)[O-])cc1.Cc1ccc(C[N+](C)(C)c2ccccc2)cc1. The number of hydrogen-bond acceptors (Lipinski definition) is 3. The predicted octanol–water partition coefficient (Wildman–Crippen LogP) is 8.82. The number of hydrogen-bond donors (Lipinski definition) is 0. The van der Waals surface area contributed by atoms with Crippen molar-refractivity contribution in [3.63, 3.8) is 0 Å². The second-order valence-electron chi connectivity index (χ2n) is 11.2. The second-order valence-corrected chi connectivity index (χ2v) is 12.6. The summed E-state index contributed by atoms with van der Waals surface area (Å²) in [6, 6.07) is 25.8. The number of quaternary nitrogens is 1. The van der Waals surface area contributed by atoms with Crippen molar-refractivity contribution in [2.75, 3.05) is 14.1 Å². The van der Waals surface area contributed by atoms with Crippen molar-refractivity contribution in [1.29, 1.82) is 0 Å². The highest BCUT2D eigenvalue weighted by molar-refractivity contribution is 7.85. The molecule has 0 aromatic heterocycles. The fraction of sp³-hybridized carbons (Fsp3) is 0.471. The first kappa shape index (κ1) is 32.7. The van der Waals surface area contributed by atoms with Crippen LogP contribution >= 0.6 is 0 Å². The maximum absolute atomic E-state index is 10.8. The lowest BCUT2D eigenvalue weighted by Crippen LogP contribution is -2.39. The van der Waals surface area contributed by atoms with Gasteiger partial charge in [-0.1, -0.05) is 125 Å². The number of aryl methyl sites for hydroxylation is 2. The summed E-state index contributed by atoms with van der Waals surface area (Å²) in [6.45, 7) is 5.39. The highest BCUT2D eigenvalue weighted by Crippen LogP contribution is 2.21. The third kappa shape index (κ3) is 13.4. The van der Waals surface area contributed by atoms with Crippen LogP contribution in [0.25, 0.3) is 0 Å². The molecule has 0 aliphatic rings. The molecular weight excluding hydrogens is 502 g/mol. The van der Waals surface area contributed by atoms with Crippen LogP contribution in [0.3, 0.4) is 0 Å². The maximum atomic E-state index is 10.8. The molecule has 0 aliphatic carbocycles. The molecule has 4 nitrogen and oxygen atoms in total. The fourth-order valence-electron chi connectivity index (χ4n) is 4.71. The molecule has 39 heavy (non-hydrogen) atoms. The Morgan fingerprint density at radius 3 is 1.64 bits per heavy atom. The summed E-state index contributed by atoms with van der Waals surface area (Å²) in [6.07, 6.45) is 14.0. The highest BCUT2D eigenvalue weighted by Gasteiger charge is 2.18. The molecule has 0 spiro atoms. The van der Waals surface area contributed by atoms with Crippen molar-refractivity contribution < 1.29 is 13.0 Å². The third-order valence-corrected chi connectivity index (χ3v) is 8.03. The van der Waals surface area contributed by atoms with Gasteiger partial charge in [0.2, 0.25) is 0 Å². The van der Waals surface area contributed by atoms with Gasteiger partial charge in [0.1, 0.15) is 22.4 Å². The molecule has 0 bridgehead atoms. The molecule has 5 heteroatoms. The Bertz CT molecular complexity index is 1160. The van der Waals surface area contributed by atoms with Crippen LogP contribution in [0.1, 0.15) is 87.8 Å². The largest absolute Gasteiger partial charge is 0.744 e. The monoisotopic (exact) mass is 551 g/mol. The zero-order valence-electron chi connectivity index (χ0n) is 24.6. The molecular formula is C34H49NO3S. The van der Waals surface area contributed by atoms with Gasteiger partial charge in [0.05, 0.1) is 19.0 Å².